The van der Waals surface area contributed by atoms with Crippen molar-refractivity contribution in [3.63, 3.8) is 0 Å². The van der Waals surface area contributed by atoms with Gasteiger partial charge in [-0.2, -0.15) is 0 Å². The summed E-state index contributed by atoms with van der Waals surface area (Å²) in [4.78, 5) is 31.2. The van der Waals surface area contributed by atoms with Gasteiger partial charge in [-0.15, -0.1) is 11.3 Å². The molecule has 0 bridgehead atoms. The van der Waals surface area contributed by atoms with Crippen molar-refractivity contribution in [2.24, 2.45) is 0 Å². The Bertz CT molecular complexity index is 1120. The first kappa shape index (κ1) is 24.9. The van der Waals surface area contributed by atoms with E-state index in [9.17, 15) is 14.0 Å². The molecule has 0 saturated heterocycles. The monoisotopic (exact) mass is 496 g/mol. The third-order valence-electron chi connectivity index (χ3n) is 6.03. The first-order valence-electron chi connectivity index (χ1n) is 11.6. The molecular weight excluding hydrogens is 467 g/mol. The van der Waals surface area contributed by atoms with Crippen LogP contribution < -0.4 is 4.74 Å². The fourth-order valence-electron chi connectivity index (χ4n) is 4.29. The molecule has 2 heterocycles. The molecule has 1 atom stereocenters. The van der Waals surface area contributed by atoms with E-state index >= 15 is 0 Å². The Labute approximate surface area is 208 Å². The Kier molecular flexibility index (Phi) is 8.50. The number of amides is 2. The summed E-state index contributed by atoms with van der Waals surface area (Å²) in [7, 11) is 1.61. The molecule has 0 radical (unpaired) electrons. The molecular formula is C27H29FN2O4S. The van der Waals surface area contributed by atoms with Crippen molar-refractivity contribution >= 4 is 23.2 Å². The van der Waals surface area contributed by atoms with Gasteiger partial charge in [0.1, 0.15) is 11.6 Å². The van der Waals surface area contributed by atoms with Crippen molar-refractivity contribution < 1.29 is 23.5 Å². The van der Waals surface area contributed by atoms with Crippen LogP contribution >= 0.6 is 11.3 Å². The third kappa shape index (κ3) is 6.26. The molecule has 2 aromatic carbocycles. The second kappa shape index (κ2) is 12.0. The first-order valence-corrected chi connectivity index (χ1v) is 12.5. The van der Waals surface area contributed by atoms with Crippen LogP contribution in [0.3, 0.4) is 0 Å². The quantitative estimate of drug-likeness (QED) is 0.393. The fourth-order valence-corrected chi connectivity index (χ4v) is 5.19. The predicted molar refractivity (Wildman–Crippen MR) is 133 cm³/mol. The molecule has 8 heteroatoms. The maximum atomic E-state index is 13.6. The molecule has 0 fully saturated rings. The minimum absolute atomic E-state index is 0.0577. The van der Waals surface area contributed by atoms with Crippen molar-refractivity contribution in [2.75, 3.05) is 40.0 Å². The average Bonchev–Trinajstić information content (AvgIpc) is 3.36. The summed E-state index contributed by atoms with van der Waals surface area (Å²) in [6, 6.07) is 17.1. The number of hydrogen-bond acceptors (Lipinski definition) is 5. The zero-order valence-corrected chi connectivity index (χ0v) is 20.5. The average molecular weight is 497 g/mol. The molecule has 1 aliphatic heterocycles. The van der Waals surface area contributed by atoms with E-state index in [1.807, 2.05) is 29.6 Å². The van der Waals surface area contributed by atoms with Gasteiger partial charge in [0.2, 0.25) is 5.91 Å². The molecule has 1 unspecified atom stereocenters. The normalized spacial score (nSPS) is 14.9. The number of thiophene rings is 1. The van der Waals surface area contributed by atoms with Crippen LogP contribution in [0, 0.1) is 5.82 Å². The minimum Gasteiger partial charge on any atom is -0.484 e. The van der Waals surface area contributed by atoms with Crippen LogP contribution in [0.15, 0.2) is 66.0 Å². The number of rotatable bonds is 10. The molecule has 35 heavy (non-hydrogen) atoms. The van der Waals surface area contributed by atoms with E-state index in [1.54, 1.807) is 47.6 Å². The second-order valence-corrected chi connectivity index (χ2v) is 9.35. The van der Waals surface area contributed by atoms with Gasteiger partial charge in [0.15, 0.2) is 6.61 Å². The van der Waals surface area contributed by atoms with Crippen LogP contribution in [0.5, 0.6) is 5.75 Å². The number of nitrogens with zero attached hydrogens (tertiary/aromatic N) is 2. The first-order chi connectivity index (χ1) is 17.1. The fraction of sp³-hybridized carbons (Fsp3) is 0.333. The topological polar surface area (TPSA) is 59.1 Å². The zero-order chi connectivity index (χ0) is 24.6. The summed E-state index contributed by atoms with van der Waals surface area (Å²) >= 11 is 1.67. The van der Waals surface area contributed by atoms with E-state index in [0.29, 0.717) is 31.9 Å². The predicted octanol–water partition coefficient (Wildman–Crippen LogP) is 4.31. The van der Waals surface area contributed by atoms with Crippen molar-refractivity contribution in [2.45, 2.75) is 18.9 Å². The van der Waals surface area contributed by atoms with Crippen LogP contribution in [0.4, 0.5) is 4.39 Å². The van der Waals surface area contributed by atoms with Crippen LogP contribution in [0.2, 0.25) is 0 Å². The van der Waals surface area contributed by atoms with Crippen LogP contribution in [0.25, 0.3) is 0 Å². The maximum Gasteiger partial charge on any atom is 0.260 e. The molecule has 0 spiro atoms. The molecule has 1 aromatic heterocycles. The van der Waals surface area contributed by atoms with E-state index in [0.717, 1.165) is 17.5 Å². The van der Waals surface area contributed by atoms with E-state index in [4.69, 9.17) is 9.47 Å². The number of halogens is 1. The number of carbonyl (C=O) groups is 2. The highest BCUT2D eigenvalue weighted by Crippen LogP contribution is 2.37. The van der Waals surface area contributed by atoms with Crippen molar-refractivity contribution in [1.29, 1.82) is 0 Å². The largest absolute Gasteiger partial charge is 0.484 e. The van der Waals surface area contributed by atoms with Gasteiger partial charge in [-0.25, -0.2) is 4.39 Å². The highest BCUT2D eigenvalue weighted by molar-refractivity contribution is 7.10. The van der Waals surface area contributed by atoms with Crippen molar-refractivity contribution in [3.05, 3.63) is 87.9 Å². The van der Waals surface area contributed by atoms with Gasteiger partial charge in [0.25, 0.3) is 5.91 Å². The van der Waals surface area contributed by atoms with E-state index in [2.05, 4.69) is 0 Å². The van der Waals surface area contributed by atoms with Crippen LogP contribution in [-0.4, -0.2) is 61.6 Å². The summed E-state index contributed by atoms with van der Waals surface area (Å²) in [6.07, 6.45) is 1.36. The summed E-state index contributed by atoms with van der Waals surface area (Å²) in [5, 5.41) is 2.02. The lowest BCUT2D eigenvalue weighted by Crippen LogP contribution is -2.48. The van der Waals surface area contributed by atoms with Gasteiger partial charge < -0.3 is 19.3 Å². The van der Waals surface area contributed by atoms with Gasteiger partial charge in [-0.3, -0.25) is 9.59 Å². The van der Waals surface area contributed by atoms with Crippen LogP contribution in [0.1, 0.15) is 28.5 Å². The Morgan fingerprint density at radius 3 is 2.63 bits per heavy atom. The number of methoxy groups -OCH3 is 1. The zero-order valence-electron chi connectivity index (χ0n) is 19.7. The van der Waals surface area contributed by atoms with E-state index in [-0.39, 0.29) is 36.8 Å². The molecule has 6 nitrogen and oxygen atoms in total. The lowest BCUT2D eigenvalue weighted by atomic mass is 9.93. The molecule has 3 aromatic rings. The Balaban J connectivity index is 1.51. The molecule has 4 rings (SSSR count). The van der Waals surface area contributed by atoms with E-state index < -0.39 is 0 Å². The van der Waals surface area contributed by atoms with Gasteiger partial charge in [-0.1, -0.05) is 30.3 Å². The number of benzene rings is 2. The van der Waals surface area contributed by atoms with Gasteiger partial charge in [0.05, 0.1) is 12.6 Å². The van der Waals surface area contributed by atoms with Gasteiger partial charge >= 0.3 is 0 Å². The van der Waals surface area contributed by atoms with E-state index in [1.165, 1.54) is 21.9 Å². The Hall–Kier alpha value is -3.23. The molecule has 1 aliphatic rings. The molecule has 0 aliphatic carbocycles. The standard InChI is InChI=1S/C27H29FN2O4S/c1-33-16-5-14-29(26(32)19-34-22-6-3-2-4-7-22)18-25(31)30-15-12-24-23(13-17-35-24)27(30)20-8-10-21(28)11-9-20/h2-4,6-11,13,17,27H,5,12,14-16,18-19H2,1H3. The Morgan fingerprint density at radius 1 is 1.11 bits per heavy atom. The maximum absolute atomic E-state index is 13.6. The lowest BCUT2D eigenvalue weighted by molar-refractivity contribution is -0.143. The van der Waals surface area contributed by atoms with Gasteiger partial charge in [0, 0.05) is 31.7 Å². The SMILES string of the molecule is COCCCN(CC(=O)N1CCc2sccc2C1c1ccc(F)cc1)C(=O)COc1ccccc1. The number of carbonyl (C=O) groups excluding carboxylic acids is 2. The smallest absolute Gasteiger partial charge is 0.260 e. The summed E-state index contributed by atoms with van der Waals surface area (Å²) in [5.41, 5.74) is 1.91. The summed E-state index contributed by atoms with van der Waals surface area (Å²) in [5.74, 6) is -0.130. The van der Waals surface area contributed by atoms with Gasteiger partial charge in [-0.05, 0) is 59.7 Å². The number of fused-ring (bicyclic) bond motifs is 1. The molecule has 0 N–H and O–H groups in total. The van der Waals surface area contributed by atoms with Crippen LogP contribution in [-0.2, 0) is 20.7 Å². The molecule has 184 valence electrons. The summed E-state index contributed by atoms with van der Waals surface area (Å²) in [6.45, 7) is 1.19. The second-order valence-electron chi connectivity index (χ2n) is 8.35. The number of hydrogen-bond donors (Lipinski definition) is 0. The highest BCUT2D eigenvalue weighted by Gasteiger charge is 2.34. The highest BCUT2D eigenvalue weighted by atomic mass is 32.1. The van der Waals surface area contributed by atoms with Crippen molar-refractivity contribution in [1.82, 2.24) is 9.80 Å². The third-order valence-corrected chi connectivity index (χ3v) is 7.03. The summed E-state index contributed by atoms with van der Waals surface area (Å²) < 4.78 is 24.4. The number of para-hydroxylation sites is 1. The molecule has 2 amide bonds. The molecule has 0 saturated carbocycles. The Morgan fingerprint density at radius 2 is 1.89 bits per heavy atom. The number of ether oxygens (including phenoxy) is 2. The lowest BCUT2D eigenvalue weighted by Gasteiger charge is -2.37. The minimum atomic E-state index is -0.318. The van der Waals surface area contributed by atoms with Crippen molar-refractivity contribution in [3.8, 4) is 5.75 Å².